The number of hydrogen-bond acceptors (Lipinski definition) is 6. The maximum Gasteiger partial charge on any atom is 0.234 e. The number of nitrogens with zero attached hydrogens (tertiary/aromatic N) is 5. The summed E-state index contributed by atoms with van der Waals surface area (Å²) in [5, 5.41) is 26.0. The summed E-state index contributed by atoms with van der Waals surface area (Å²) in [4.78, 5) is 0. The monoisotopic (exact) mass is 211 g/mol. The van der Waals surface area contributed by atoms with Gasteiger partial charge in [0.05, 0.1) is 12.3 Å². The van der Waals surface area contributed by atoms with Gasteiger partial charge in [-0.25, -0.2) is 0 Å². The average molecular weight is 211 g/mol. The lowest BCUT2D eigenvalue weighted by Gasteiger charge is -1.95. The average Bonchev–Trinajstić information content (AvgIpc) is 2.72. The first kappa shape index (κ1) is 9.22. The highest BCUT2D eigenvalue weighted by atomic mass is 32.1. The molecule has 0 saturated heterocycles. The van der Waals surface area contributed by atoms with Crippen molar-refractivity contribution in [1.29, 1.82) is 0 Å². The van der Waals surface area contributed by atoms with E-state index in [-0.39, 0.29) is 6.61 Å². The summed E-state index contributed by atoms with van der Waals surface area (Å²) in [5.74, 6) is 0. The molecule has 0 atom stereocenters. The number of aromatic nitrogens is 5. The van der Waals surface area contributed by atoms with Gasteiger partial charge in [0.25, 0.3) is 0 Å². The van der Waals surface area contributed by atoms with Crippen molar-refractivity contribution >= 4 is 11.3 Å². The molecule has 0 aliphatic rings. The van der Waals surface area contributed by atoms with Crippen LogP contribution in [0.5, 0.6) is 0 Å². The third-order valence-electron chi connectivity index (χ3n) is 1.84. The largest absolute Gasteiger partial charge is 0.390 e. The van der Waals surface area contributed by atoms with Crippen LogP contribution in [0.4, 0.5) is 0 Å². The minimum atomic E-state index is -0.108. The number of aryl methyl sites for hydroxylation is 1. The molecule has 74 valence electrons. The summed E-state index contributed by atoms with van der Waals surface area (Å²) in [6.45, 7) is 3.60. The molecule has 6 nitrogen and oxygen atoms in total. The summed E-state index contributed by atoms with van der Waals surface area (Å²) in [6, 6.07) is 0. The van der Waals surface area contributed by atoms with Gasteiger partial charge in [-0.05, 0) is 13.8 Å². The van der Waals surface area contributed by atoms with Crippen molar-refractivity contribution in [3.05, 3.63) is 16.4 Å². The van der Waals surface area contributed by atoms with Gasteiger partial charge >= 0.3 is 0 Å². The van der Waals surface area contributed by atoms with E-state index in [0.29, 0.717) is 10.8 Å². The van der Waals surface area contributed by atoms with E-state index >= 15 is 0 Å². The molecule has 7 heteroatoms. The maximum absolute atomic E-state index is 8.94. The molecule has 1 N–H and O–H groups in total. The summed E-state index contributed by atoms with van der Waals surface area (Å²) < 4.78 is 1.58. The van der Waals surface area contributed by atoms with Gasteiger partial charge < -0.3 is 5.11 Å². The topological polar surface area (TPSA) is 76.7 Å². The molecule has 0 radical (unpaired) electrons. The number of rotatable bonds is 2. The Morgan fingerprint density at radius 1 is 1.29 bits per heavy atom. The molecule has 0 unspecified atom stereocenters. The highest BCUT2D eigenvalue weighted by molar-refractivity contribution is 7.13. The van der Waals surface area contributed by atoms with Gasteiger partial charge in [-0.2, -0.15) is 4.68 Å². The molecule has 0 bridgehead atoms. The molecule has 0 aliphatic heterocycles. The summed E-state index contributed by atoms with van der Waals surface area (Å²) >= 11 is 1.44. The SMILES string of the molecule is Cc1nnc(-n2nnc(CO)c2C)s1. The van der Waals surface area contributed by atoms with Crippen LogP contribution in [-0.4, -0.2) is 30.3 Å². The zero-order chi connectivity index (χ0) is 10.1. The van der Waals surface area contributed by atoms with Gasteiger partial charge in [0.2, 0.25) is 5.13 Å². The van der Waals surface area contributed by atoms with E-state index in [2.05, 4.69) is 20.5 Å². The zero-order valence-electron chi connectivity index (χ0n) is 7.80. The van der Waals surface area contributed by atoms with Crippen molar-refractivity contribution in [2.75, 3.05) is 0 Å². The third kappa shape index (κ3) is 1.40. The van der Waals surface area contributed by atoms with Crippen molar-refractivity contribution in [2.45, 2.75) is 20.5 Å². The molecule has 0 saturated carbocycles. The second-order valence-corrected chi connectivity index (χ2v) is 3.96. The normalized spacial score (nSPS) is 10.8. The lowest BCUT2D eigenvalue weighted by molar-refractivity contribution is 0.276. The first-order chi connectivity index (χ1) is 6.72. The summed E-state index contributed by atoms with van der Waals surface area (Å²) in [7, 11) is 0. The smallest absolute Gasteiger partial charge is 0.234 e. The number of aliphatic hydroxyl groups excluding tert-OH is 1. The fourth-order valence-corrected chi connectivity index (χ4v) is 1.75. The molecular formula is C7H9N5OS. The molecule has 0 aromatic carbocycles. The van der Waals surface area contributed by atoms with E-state index < -0.39 is 0 Å². The van der Waals surface area contributed by atoms with Crippen molar-refractivity contribution in [3.63, 3.8) is 0 Å². The van der Waals surface area contributed by atoms with Gasteiger partial charge in [-0.3, -0.25) is 0 Å². The van der Waals surface area contributed by atoms with E-state index in [1.165, 1.54) is 11.3 Å². The third-order valence-corrected chi connectivity index (χ3v) is 2.65. The zero-order valence-corrected chi connectivity index (χ0v) is 8.62. The Morgan fingerprint density at radius 2 is 2.07 bits per heavy atom. The Bertz CT molecular complexity index is 449. The lowest BCUT2D eigenvalue weighted by Crippen LogP contribution is -1.99. The second kappa shape index (κ2) is 3.43. The Hall–Kier alpha value is -1.34. The van der Waals surface area contributed by atoms with Crippen molar-refractivity contribution in [2.24, 2.45) is 0 Å². The van der Waals surface area contributed by atoms with Crippen LogP contribution >= 0.6 is 11.3 Å². The van der Waals surface area contributed by atoms with Crippen molar-refractivity contribution in [1.82, 2.24) is 25.2 Å². The van der Waals surface area contributed by atoms with Crippen LogP contribution in [-0.2, 0) is 6.61 Å². The van der Waals surface area contributed by atoms with E-state index in [9.17, 15) is 0 Å². The number of hydrogen-bond donors (Lipinski definition) is 1. The molecule has 14 heavy (non-hydrogen) atoms. The Morgan fingerprint density at radius 3 is 2.57 bits per heavy atom. The van der Waals surface area contributed by atoms with Crippen LogP contribution in [0.1, 0.15) is 16.4 Å². The van der Waals surface area contributed by atoms with Crippen molar-refractivity contribution < 1.29 is 5.11 Å². The molecule has 2 aromatic rings. The molecule has 2 aromatic heterocycles. The molecular weight excluding hydrogens is 202 g/mol. The Labute approximate surface area is 84.2 Å². The van der Waals surface area contributed by atoms with Crippen LogP contribution in [0.2, 0.25) is 0 Å². The Balaban J connectivity index is 2.46. The maximum atomic E-state index is 8.94. The first-order valence-corrected chi connectivity index (χ1v) is 4.86. The van der Waals surface area contributed by atoms with Crippen LogP contribution in [0.25, 0.3) is 5.13 Å². The summed E-state index contributed by atoms with van der Waals surface area (Å²) in [6.07, 6.45) is 0. The molecule has 0 amide bonds. The summed E-state index contributed by atoms with van der Waals surface area (Å²) in [5.41, 5.74) is 1.36. The van der Waals surface area contributed by atoms with E-state index in [4.69, 9.17) is 5.11 Å². The van der Waals surface area contributed by atoms with Gasteiger partial charge in [0.1, 0.15) is 10.7 Å². The van der Waals surface area contributed by atoms with Crippen LogP contribution in [0, 0.1) is 13.8 Å². The second-order valence-electron chi connectivity index (χ2n) is 2.80. The van der Waals surface area contributed by atoms with Gasteiger partial charge in [0.15, 0.2) is 0 Å². The van der Waals surface area contributed by atoms with E-state index in [1.807, 2.05) is 13.8 Å². The first-order valence-electron chi connectivity index (χ1n) is 4.05. The van der Waals surface area contributed by atoms with Gasteiger partial charge in [-0.1, -0.05) is 16.6 Å². The van der Waals surface area contributed by atoms with Gasteiger partial charge in [-0.15, -0.1) is 15.3 Å². The molecule has 0 spiro atoms. The quantitative estimate of drug-likeness (QED) is 0.769. The van der Waals surface area contributed by atoms with Crippen LogP contribution in [0.15, 0.2) is 0 Å². The minimum absolute atomic E-state index is 0.108. The standard InChI is InChI=1S/C7H9N5OS/c1-4-6(3-13)9-11-12(4)7-10-8-5(2)14-7/h13H,3H2,1-2H3. The predicted molar refractivity (Wildman–Crippen MR) is 50.2 cm³/mol. The lowest BCUT2D eigenvalue weighted by atomic mass is 10.4. The van der Waals surface area contributed by atoms with E-state index in [0.717, 1.165) is 10.7 Å². The fourth-order valence-electron chi connectivity index (χ4n) is 1.06. The molecule has 0 aliphatic carbocycles. The molecule has 0 fully saturated rings. The highest BCUT2D eigenvalue weighted by Gasteiger charge is 2.11. The van der Waals surface area contributed by atoms with Crippen LogP contribution < -0.4 is 0 Å². The highest BCUT2D eigenvalue weighted by Crippen LogP contribution is 2.15. The molecule has 2 rings (SSSR count). The van der Waals surface area contributed by atoms with Gasteiger partial charge in [0, 0.05) is 0 Å². The predicted octanol–water partition coefficient (Wildman–Crippen LogP) is 0.228. The number of aliphatic hydroxyl groups is 1. The van der Waals surface area contributed by atoms with E-state index in [1.54, 1.807) is 4.68 Å². The Kier molecular flexibility index (Phi) is 2.26. The fraction of sp³-hybridized carbons (Fsp3) is 0.429. The van der Waals surface area contributed by atoms with Crippen LogP contribution in [0.3, 0.4) is 0 Å². The minimum Gasteiger partial charge on any atom is -0.390 e. The molecule has 2 heterocycles. The van der Waals surface area contributed by atoms with Crippen molar-refractivity contribution in [3.8, 4) is 5.13 Å².